The highest BCUT2D eigenvalue weighted by Crippen LogP contribution is 2.16. The first-order valence-electron chi connectivity index (χ1n) is 7.26. The molecule has 0 spiro atoms. The molecule has 0 aliphatic rings. The SMILES string of the molecule is CC(=O)c1cccc(OC(C)C(=O)NCc2ccccc2Cl)c1. The number of halogens is 1. The van der Waals surface area contributed by atoms with Crippen LogP contribution in [0.5, 0.6) is 5.75 Å². The zero-order valence-corrected chi connectivity index (χ0v) is 13.8. The molecule has 0 heterocycles. The van der Waals surface area contributed by atoms with Crippen molar-refractivity contribution in [1.29, 1.82) is 0 Å². The van der Waals surface area contributed by atoms with Crippen molar-refractivity contribution >= 4 is 23.3 Å². The maximum Gasteiger partial charge on any atom is 0.261 e. The molecule has 1 N–H and O–H groups in total. The van der Waals surface area contributed by atoms with Gasteiger partial charge in [-0.15, -0.1) is 0 Å². The molecule has 0 aliphatic heterocycles. The first kappa shape index (κ1) is 17.0. The number of carbonyl (C=O) groups is 2. The summed E-state index contributed by atoms with van der Waals surface area (Å²) in [5.74, 6) is 0.183. The molecular formula is C18H18ClNO3. The molecule has 1 unspecified atom stereocenters. The standard InChI is InChI=1S/C18H18ClNO3/c1-12(21)14-7-5-8-16(10-14)23-13(2)18(22)20-11-15-6-3-4-9-17(15)19/h3-10,13H,11H2,1-2H3,(H,20,22). The molecule has 0 aromatic heterocycles. The molecule has 0 radical (unpaired) electrons. The fourth-order valence-electron chi connectivity index (χ4n) is 2.01. The quantitative estimate of drug-likeness (QED) is 0.822. The minimum absolute atomic E-state index is 0.0497. The van der Waals surface area contributed by atoms with Gasteiger partial charge in [0.15, 0.2) is 11.9 Å². The Labute approximate surface area is 140 Å². The smallest absolute Gasteiger partial charge is 0.261 e. The van der Waals surface area contributed by atoms with Crippen molar-refractivity contribution in [1.82, 2.24) is 5.32 Å². The van der Waals surface area contributed by atoms with Crippen molar-refractivity contribution in [2.45, 2.75) is 26.5 Å². The van der Waals surface area contributed by atoms with Crippen LogP contribution >= 0.6 is 11.6 Å². The third kappa shape index (κ3) is 4.83. The van der Waals surface area contributed by atoms with Gasteiger partial charge in [0.1, 0.15) is 5.75 Å². The number of ketones is 1. The van der Waals surface area contributed by atoms with Gasteiger partial charge < -0.3 is 10.1 Å². The summed E-state index contributed by atoms with van der Waals surface area (Å²) in [6, 6.07) is 14.1. The molecule has 5 heteroatoms. The number of hydrogen-bond acceptors (Lipinski definition) is 3. The Hall–Kier alpha value is -2.33. The molecule has 4 nitrogen and oxygen atoms in total. The van der Waals surface area contributed by atoms with Gasteiger partial charge in [-0.05, 0) is 37.6 Å². The van der Waals surface area contributed by atoms with Gasteiger partial charge in [0.05, 0.1) is 0 Å². The summed E-state index contributed by atoms with van der Waals surface area (Å²) in [6.07, 6.45) is -0.681. The van der Waals surface area contributed by atoms with Gasteiger partial charge in [0.25, 0.3) is 5.91 Å². The number of Topliss-reactive ketones (excluding diaryl/α,β-unsaturated/α-hetero) is 1. The second-order valence-corrected chi connectivity index (χ2v) is 5.56. The second kappa shape index (κ2) is 7.79. The van der Waals surface area contributed by atoms with Gasteiger partial charge in [-0.25, -0.2) is 0 Å². The predicted octanol–water partition coefficient (Wildman–Crippen LogP) is 3.63. The minimum atomic E-state index is -0.681. The topological polar surface area (TPSA) is 55.4 Å². The molecule has 0 aliphatic carbocycles. The summed E-state index contributed by atoms with van der Waals surface area (Å²) < 4.78 is 5.59. The summed E-state index contributed by atoms with van der Waals surface area (Å²) in [5, 5.41) is 3.39. The molecule has 2 rings (SSSR count). The van der Waals surface area contributed by atoms with Crippen LogP contribution in [0.15, 0.2) is 48.5 Å². The number of benzene rings is 2. The van der Waals surface area contributed by atoms with E-state index in [2.05, 4.69) is 5.32 Å². The van der Waals surface area contributed by atoms with E-state index in [-0.39, 0.29) is 11.7 Å². The summed E-state index contributed by atoms with van der Waals surface area (Å²) >= 11 is 6.05. The van der Waals surface area contributed by atoms with Gasteiger partial charge >= 0.3 is 0 Å². The number of ether oxygens (including phenoxy) is 1. The third-order valence-electron chi connectivity index (χ3n) is 3.33. The van der Waals surface area contributed by atoms with Gasteiger partial charge in [0.2, 0.25) is 0 Å². The lowest BCUT2D eigenvalue weighted by Gasteiger charge is -2.15. The Morgan fingerprint density at radius 2 is 1.91 bits per heavy atom. The number of nitrogens with one attached hydrogen (secondary N) is 1. The van der Waals surface area contributed by atoms with Crippen molar-refractivity contribution < 1.29 is 14.3 Å². The molecule has 2 aromatic rings. The maximum absolute atomic E-state index is 12.1. The molecule has 1 amide bonds. The first-order chi connectivity index (χ1) is 11.0. The predicted molar refractivity (Wildman–Crippen MR) is 89.8 cm³/mol. The Balaban J connectivity index is 1.94. The van der Waals surface area contributed by atoms with Crippen LogP contribution in [0.4, 0.5) is 0 Å². The third-order valence-corrected chi connectivity index (χ3v) is 3.70. The highest BCUT2D eigenvalue weighted by atomic mass is 35.5. The lowest BCUT2D eigenvalue weighted by atomic mass is 10.1. The number of carbonyl (C=O) groups excluding carboxylic acids is 2. The van der Waals surface area contributed by atoms with Gasteiger partial charge in [-0.1, -0.05) is 41.9 Å². The molecule has 0 saturated heterocycles. The minimum Gasteiger partial charge on any atom is -0.481 e. The van der Waals surface area contributed by atoms with Gasteiger partial charge in [0, 0.05) is 17.1 Å². The van der Waals surface area contributed by atoms with Crippen LogP contribution in [-0.2, 0) is 11.3 Å². The van der Waals surface area contributed by atoms with Crippen LogP contribution < -0.4 is 10.1 Å². The Bertz CT molecular complexity index is 715. The van der Waals surface area contributed by atoms with E-state index >= 15 is 0 Å². The number of amides is 1. The van der Waals surface area contributed by atoms with E-state index in [4.69, 9.17) is 16.3 Å². The van der Waals surface area contributed by atoms with E-state index in [0.29, 0.717) is 22.9 Å². The van der Waals surface area contributed by atoms with Gasteiger partial charge in [-0.2, -0.15) is 0 Å². The van der Waals surface area contributed by atoms with Crippen LogP contribution in [0.25, 0.3) is 0 Å². The fraction of sp³-hybridized carbons (Fsp3) is 0.222. The molecule has 1 atom stereocenters. The first-order valence-corrected chi connectivity index (χ1v) is 7.64. The summed E-state index contributed by atoms with van der Waals surface area (Å²) in [6.45, 7) is 3.47. The molecule has 2 aromatic carbocycles. The van der Waals surface area contributed by atoms with Crippen molar-refractivity contribution in [3.63, 3.8) is 0 Å². The van der Waals surface area contributed by atoms with Crippen LogP contribution in [0.3, 0.4) is 0 Å². The van der Waals surface area contributed by atoms with E-state index in [0.717, 1.165) is 5.56 Å². The van der Waals surface area contributed by atoms with E-state index in [1.807, 2.05) is 18.2 Å². The highest BCUT2D eigenvalue weighted by Gasteiger charge is 2.15. The highest BCUT2D eigenvalue weighted by molar-refractivity contribution is 6.31. The van der Waals surface area contributed by atoms with Crippen LogP contribution in [0, 0.1) is 0 Å². The van der Waals surface area contributed by atoms with Gasteiger partial charge in [-0.3, -0.25) is 9.59 Å². The Morgan fingerprint density at radius 1 is 1.17 bits per heavy atom. The van der Waals surface area contributed by atoms with E-state index < -0.39 is 6.10 Å². The summed E-state index contributed by atoms with van der Waals surface area (Å²) in [4.78, 5) is 23.5. The lowest BCUT2D eigenvalue weighted by Crippen LogP contribution is -2.36. The summed E-state index contributed by atoms with van der Waals surface area (Å²) in [5.41, 5.74) is 1.39. The normalized spacial score (nSPS) is 11.6. The van der Waals surface area contributed by atoms with Crippen molar-refractivity contribution in [3.05, 3.63) is 64.7 Å². The van der Waals surface area contributed by atoms with E-state index in [1.54, 1.807) is 37.3 Å². The maximum atomic E-state index is 12.1. The molecular weight excluding hydrogens is 314 g/mol. The second-order valence-electron chi connectivity index (χ2n) is 5.15. The molecule has 0 fully saturated rings. The van der Waals surface area contributed by atoms with E-state index in [9.17, 15) is 9.59 Å². The van der Waals surface area contributed by atoms with Crippen molar-refractivity contribution in [2.75, 3.05) is 0 Å². The zero-order chi connectivity index (χ0) is 16.8. The molecule has 23 heavy (non-hydrogen) atoms. The summed E-state index contributed by atoms with van der Waals surface area (Å²) in [7, 11) is 0. The largest absolute Gasteiger partial charge is 0.481 e. The van der Waals surface area contributed by atoms with Crippen LogP contribution in [-0.4, -0.2) is 17.8 Å². The van der Waals surface area contributed by atoms with E-state index in [1.165, 1.54) is 6.92 Å². The van der Waals surface area contributed by atoms with Crippen molar-refractivity contribution in [3.8, 4) is 5.75 Å². The van der Waals surface area contributed by atoms with Crippen LogP contribution in [0.1, 0.15) is 29.8 Å². The van der Waals surface area contributed by atoms with Crippen LogP contribution in [0.2, 0.25) is 5.02 Å². The molecule has 0 saturated carbocycles. The van der Waals surface area contributed by atoms with Crippen molar-refractivity contribution in [2.24, 2.45) is 0 Å². The average molecular weight is 332 g/mol. The molecule has 0 bridgehead atoms. The number of hydrogen-bond donors (Lipinski definition) is 1. The number of rotatable bonds is 6. The zero-order valence-electron chi connectivity index (χ0n) is 13.0. The monoisotopic (exact) mass is 331 g/mol. The Morgan fingerprint density at radius 3 is 2.61 bits per heavy atom. The molecule has 120 valence electrons. The Kier molecular flexibility index (Phi) is 5.77. The average Bonchev–Trinajstić information content (AvgIpc) is 2.54. The lowest BCUT2D eigenvalue weighted by molar-refractivity contribution is -0.127. The fourth-order valence-corrected chi connectivity index (χ4v) is 2.22.